The van der Waals surface area contributed by atoms with E-state index in [0.717, 1.165) is 0 Å². The molecule has 1 saturated heterocycles. The van der Waals surface area contributed by atoms with Crippen LogP contribution < -0.4 is 10.2 Å². The molecule has 8 nitrogen and oxygen atoms in total. The van der Waals surface area contributed by atoms with Gasteiger partial charge in [0.15, 0.2) is 0 Å². The number of amides is 2. The molecule has 0 unspecified atom stereocenters. The van der Waals surface area contributed by atoms with Crippen LogP contribution in [0.2, 0.25) is 5.02 Å². The number of benzene rings is 2. The maximum Gasteiger partial charge on any atom is 0.414 e. The van der Waals surface area contributed by atoms with Gasteiger partial charge < -0.3 is 10.1 Å². The molecule has 3 rings (SSSR count). The quantitative estimate of drug-likeness (QED) is 0.663. The van der Waals surface area contributed by atoms with Crippen molar-refractivity contribution in [3.8, 4) is 0 Å². The highest BCUT2D eigenvalue weighted by Crippen LogP contribution is 2.27. The van der Waals surface area contributed by atoms with Gasteiger partial charge >= 0.3 is 6.09 Å². The fourth-order valence-electron chi connectivity index (χ4n) is 2.38. The maximum absolute atomic E-state index is 12.4. The summed E-state index contributed by atoms with van der Waals surface area (Å²) in [5.41, 5.74) is 0.962. The summed E-state index contributed by atoms with van der Waals surface area (Å²) in [6, 6.07) is 10.4. The molecule has 1 N–H and O–H groups in total. The Bertz CT molecular complexity index is 871. The van der Waals surface area contributed by atoms with Gasteiger partial charge in [0.25, 0.3) is 11.6 Å². The minimum atomic E-state index is -0.605. The number of anilines is 2. The molecule has 0 spiro atoms. The summed E-state index contributed by atoms with van der Waals surface area (Å²) in [6.07, 6.45) is -0.459. The van der Waals surface area contributed by atoms with Gasteiger partial charge in [0, 0.05) is 23.0 Å². The number of nitrogens with zero attached hydrogens (tertiary/aromatic N) is 2. The lowest BCUT2D eigenvalue weighted by Crippen LogP contribution is -2.23. The Hall–Kier alpha value is -3.13. The summed E-state index contributed by atoms with van der Waals surface area (Å²) in [7, 11) is 0. The van der Waals surface area contributed by atoms with Crippen LogP contribution in [-0.4, -0.2) is 30.1 Å². The molecule has 0 aliphatic carbocycles. The smallest absolute Gasteiger partial charge is 0.414 e. The van der Waals surface area contributed by atoms with Crippen molar-refractivity contribution < 1.29 is 19.2 Å². The number of carbonyl (C=O) groups is 2. The molecule has 0 aromatic heterocycles. The number of cyclic esters (lactones) is 1. The van der Waals surface area contributed by atoms with Crippen molar-refractivity contribution >= 4 is 40.7 Å². The Morgan fingerprint density at radius 1 is 1.28 bits per heavy atom. The molecule has 1 aliphatic rings. The van der Waals surface area contributed by atoms with E-state index in [1.54, 1.807) is 24.3 Å². The number of nitro benzene ring substituents is 1. The first-order valence-corrected chi connectivity index (χ1v) is 7.63. The fraction of sp³-hybridized carbons (Fsp3) is 0.125. The van der Waals surface area contributed by atoms with E-state index in [2.05, 4.69) is 5.32 Å². The van der Waals surface area contributed by atoms with Crippen LogP contribution in [0.4, 0.5) is 21.9 Å². The second-order valence-corrected chi connectivity index (χ2v) is 5.60. The molecule has 2 aromatic rings. The Morgan fingerprint density at radius 2 is 2.08 bits per heavy atom. The van der Waals surface area contributed by atoms with Gasteiger partial charge in [0.05, 0.1) is 11.5 Å². The van der Waals surface area contributed by atoms with Gasteiger partial charge in [-0.1, -0.05) is 17.7 Å². The molecule has 0 radical (unpaired) electrons. The first kappa shape index (κ1) is 16.7. The van der Waals surface area contributed by atoms with Crippen LogP contribution in [0.3, 0.4) is 0 Å². The first-order chi connectivity index (χ1) is 12.0. The van der Waals surface area contributed by atoms with Crippen molar-refractivity contribution in [3.05, 3.63) is 63.2 Å². The van der Waals surface area contributed by atoms with Crippen molar-refractivity contribution in [1.82, 2.24) is 0 Å². The molecule has 1 fully saturated rings. The summed E-state index contributed by atoms with van der Waals surface area (Å²) >= 11 is 5.83. The zero-order valence-corrected chi connectivity index (χ0v) is 13.5. The monoisotopic (exact) mass is 361 g/mol. The van der Waals surface area contributed by atoms with Gasteiger partial charge in [-0.05, 0) is 30.3 Å². The number of halogens is 1. The third-order valence-electron chi connectivity index (χ3n) is 3.58. The van der Waals surface area contributed by atoms with Crippen LogP contribution in [-0.2, 0) is 4.74 Å². The topological polar surface area (TPSA) is 102 Å². The van der Waals surface area contributed by atoms with Gasteiger partial charge in [0.2, 0.25) is 0 Å². The highest BCUT2D eigenvalue weighted by molar-refractivity contribution is 6.33. The summed E-state index contributed by atoms with van der Waals surface area (Å²) in [5.74, 6) is -0.431. The van der Waals surface area contributed by atoms with Crippen LogP contribution in [0, 0.1) is 10.1 Å². The molecule has 2 amide bonds. The molecule has 0 saturated carbocycles. The lowest BCUT2D eigenvalue weighted by molar-refractivity contribution is -0.384. The third kappa shape index (κ3) is 3.53. The molecule has 2 aromatic carbocycles. The van der Waals surface area contributed by atoms with Gasteiger partial charge in [-0.2, -0.15) is 0 Å². The summed E-state index contributed by atoms with van der Waals surface area (Å²) in [6.45, 7) is 0.721. The minimum Gasteiger partial charge on any atom is -0.447 e. The molecule has 0 atom stereocenters. The first-order valence-electron chi connectivity index (χ1n) is 7.25. The average Bonchev–Trinajstić information content (AvgIpc) is 3.01. The van der Waals surface area contributed by atoms with Crippen molar-refractivity contribution in [2.75, 3.05) is 23.4 Å². The van der Waals surface area contributed by atoms with E-state index in [9.17, 15) is 19.7 Å². The standard InChI is InChI=1S/C16H12ClN3O5/c17-13-9-11(4-5-14(13)20(23)24)18-15(21)10-2-1-3-12(8-10)19-6-7-25-16(19)22/h1-5,8-9H,6-7H2,(H,18,21). The number of rotatable bonds is 4. The number of carbonyl (C=O) groups excluding carboxylic acids is 2. The van der Waals surface area contributed by atoms with Crippen molar-refractivity contribution in [2.24, 2.45) is 0 Å². The lowest BCUT2D eigenvalue weighted by Gasteiger charge is -2.13. The average molecular weight is 362 g/mol. The van der Waals surface area contributed by atoms with Gasteiger partial charge in [0.1, 0.15) is 11.6 Å². The second kappa shape index (κ2) is 6.78. The molecule has 1 heterocycles. The van der Waals surface area contributed by atoms with Crippen molar-refractivity contribution in [1.29, 1.82) is 0 Å². The third-order valence-corrected chi connectivity index (χ3v) is 3.89. The second-order valence-electron chi connectivity index (χ2n) is 5.19. The van der Waals surface area contributed by atoms with Crippen LogP contribution in [0.25, 0.3) is 0 Å². The van der Waals surface area contributed by atoms with Crippen LogP contribution in [0.15, 0.2) is 42.5 Å². The van der Waals surface area contributed by atoms with E-state index in [1.807, 2.05) is 0 Å². The van der Waals surface area contributed by atoms with Crippen LogP contribution in [0.5, 0.6) is 0 Å². The summed E-state index contributed by atoms with van der Waals surface area (Å²) in [5, 5.41) is 13.3. The van der Waals surface area contributed by atoms with Crippen molar-refractivity contribution in [3.63, 3.8) is 0 Å². The SMILES string of the molecule is O=C(Nc1ccc([N+](=O)[O-])c(Cl)c1)c1cccc(N2CCOC2=O)c1. The maximum atomic E-state index is 12.4. The number of hydrogen-bond acceptors (Lipinski definition) is 5. The molecule has 128 valence electrons. The fourth-order valence-corrected chi connectivity index (χ4v) is 2.63. The van der Waals surface area contributed by atoms with E-state index in [4.69, 9.17) is 16.3 Å². The van der Waals surface area contributed by atoms with Gasteiger partial charge in [-0.15, -0.1) is 0 Å². The molecule has 9 heteroatoms. The normalized spacial score (nSPS) is 13.5. The van der Waals surface area contributed by atoms with E-state index in [1.165, 1.54) is 23.1 Å². The van der Waals surface area contributed by atoms with Crippen LogP contribution in [0.1, 0.15) is 10.4 Å². The molecular weight excluding hydrogens is 350 g/mol. The highest BCUT2D eigenvalue weighted by atomic mass is 35.5. The highest BCUT2D eigenvalue weighted by Gasteiger charge is 2.24. The predicted octanol–water partition coefficient (Wildman–Crippen LogP) is 3.46. The lowest BCUT2D eigenvalue weighted by atomic mass is 10.1. The van der Waals surface area contributed by atoms with Crippen molar-refractivity contribution in [2.45, 2.75) is 0 Å². The Kier molecular flexibility index (Phi) is 4.53. The molecule has 1 aliphatic heterocycles. The Balaban J connectivity index is 1.78. The summed E-state index contributed by atoms with van der Waals surface area (Å²) in [4.78, 5) is 35.6. The Morgan fingerprint density at radius 3 is 2.72 bits per heavy atom. The largest absolute Gasteiger partial charge is 0.447 e. The summed E-state index contributed by atoms with van der Waals surface area (Å²) < 4.78 is 4.88. The zero-order valence-electron chi connectivity index (χ0n) is 12.8. The number of hydrogen-bond donors (Lipinski definition) is 1. The number of nitro groups is 1. The van der Waals surface area contributed by atoms with E-state index in [0.29, 0.717) is 30.1 Å². The van der Waals surface area contributed by atoms with E-state index >= 15 is 0 Å². The number of nitrogens with one attached hydrogen (secondary N) is 1. The molecule has 25 heavy (non-hydrogen) atoms. The molecular formula is C16H12ClN3O5. The molecule has 0 bridgehead atoms. The van der Waals surface area contributed by atoms with Gasteiger partial charge in [-0.25, -0.2) is 4.79 Å². The minimum absolute atomic E-state index is 0.0728. The predicted molar refractivity (Wildman–Crippen MR) is 91.2 cm³/mol. The van der Waals surface area contributed by atoms with Crippen LogP contribution >= 0.6 is 11.6 Å². The van der Waals surface area contributed by atoms with Gasteiger partial charge in [-0.3, -0.25) is 19.8 Å². The number of ether oxygens (including phenoxy) is 1. The van der Waals surface area contributed by atoms with E-state index in [-0.39, 0.29) is 10.7 Å². The zero-order chi connectivity index (χ0) is 18.0. The van der Waals surface area contributed by atoms with E-state index < -0.39 is 16.9 Å². The Labute approximate surface area is 147 Å².